The molecule has 3 saturated heterocycles. The van der Waals surface area contributed by atoms with Gasteiger partial charge in [-0.05, 0) is 81.0 Å². The fourth-order valence-electron chi connectivity index (χ4n) is 5.85. The molecule has 1 N–H and O–H groups in total. The predicted octanol–water partition coefficient (Wildman–Crippen LogP) is 5.24. The van der Waals surface area contributed by atoms with Crippen molar-refractivity contribution in [3.63, 3.8) is 0 Å². The van der Waals surface area contributed by atoms with Crippen LogP contribution < -0.4 is 15.1 Å². The van der Waals surface area contributed by atoms with Crippen LogP contribution in [0.2, 0.25) is 0 Å². The molecule has 0 bridgehead atoms. The lowest BCUT2D eigenvalue weighted by atomic mass is 9.91. The number of aromatic nitrogens is 2. The number of likely N-dealkylation sites (tertiary alicyclic amines) is 1. The number of carbonyl (C=O) groups is 1. The molecule has 2 amide bonds. The number of hydrogen-bond donors (Lipinski definition) is 1. The summed E-state index contributed by atoms with van der Waals surface area (Å²) in [5.74, 6) is 0.349. The van der Waals surface area contributed by atoms with Crippen LogP contribution in [0.5, 0.6) is 0 Å². The second kappa shape index (κ2) is 9.72. The highest BCUT2D eigenvalue weighted by atomic mass is 16.2. The number of amides is 2. The summed E-state index contributed by atoms with van der Waals surface area (Å²) in [6, 6.07) is 14.9. The molecule has 1 aromatic heterocycles. The highest BCUT2D eigenvalue weighted by molar-refractivity contribution is 5.89. The maximum absolute atomic E-state index is 12.9. The Bertz CT molecular complexity index is 1180. The van der Waals surface area contributed by atoms with Crippen molar-refractivity contribution in [3.8, 4) is 0 Å². The third-order valence-corrected chi connectivity index (χ3v) is 7.88. The maximum atomic E-state index is 12.9. The van der Waals surface area contributed by atoms with Gasteiger partial charge in [0.2, 0.25) is 0 Å². The number of anilines is 3. The van der Waals surface area contributed by atoms with Crippen LogP contribution in [0, 0.1) is 0 Å². The van der Waals surface area contributed by atoms with Gasteiger partial charge >= 0.3 is 6.03 Å². The van der Waals surface area contributed by atoms with Gasteiger partial charge in [-0.3, -0.25) is 0 Å². The molecule has 0 unspecified atom stereocenters. The number of nitrogens with one attached hydrogen (secondary N) is 1. The molecule has 7 heteroatoms. The fourth-order valence-corrected chi connectivity index (χ4v) is 5.85. The summed E-state index contributed by atoms with van der Waals surface area (Å²) < 4.78 is 0. The second-order valence-corrected chi connectivity index (χ2v) is 10.1. The van der Waals surface area contributed by atoms with E-state index in [0.29, 0.717) is 5.92 Å². The predicted molar refractivity (Wildman–Crippen MR) is 141 cm³/mol. The molecular weight excluding hydrogens is 436 g/mol. The summed E-state index contributed by atoms with van der Waals surface area (Å²) in [5, 5.41) is 4.23. The largest absolute Gasteiger partial charge is 0.372 e. The molecule has 3 aliphatic heterocycles. The van der Waals surface area contributed by atoms with Crippen molar-refractivity contribution in [2.75, 3.05) is 54.4 Å². The number of nitrogens with zero attached hydrogens (tertiary/aromatic N) is 5. The van der Waals surface area contributed by atoms with E-state index in [0.717, 1.165) is 74.4 Å². The van der Waals surface area contributed by atoms with Crippen LogP contribution in [0.15, 0.2) is 48.8 Å². The number of piperidine rings is 1. The third kappa shape index (κ3) is 4.64. The summed E-state index contributed by atoms with van der Waals surface area (Å²) in [7, 11) is 0. The van der Waals surface area contributed by atoms with E-state index in [1.54, 1.807) is 6.33 Å². The Balaban J connectivity index is 1.08. The normalized spacial score (nSPS) is 19.0. The summed E-state index contributed by atoms with van der Waals surface area (Å²) in [6.07, 6.45) is 8.60. The van der Waals surface area contributed by atoms with Crippen molar-refractivity contribution in [1.82, 2.24) is 14.9 Å². The first kappa shape index (κ1) is 22.1. The first-order valence-electron chi connectivity index (χ1n) is 13.2. The second-order valence-electron chi connectivity index (χ2n) is 10.1. The van der Waals surface area contributed by atoms with Gasteiger partial charge in [0.05, 0.1) is 11.2 Å². The number of hydrogen-bond acceptors (Lipinski definition) is 5. The minimum atomic E-state index is -0.0137. The highest BCUT2D eigenvalue weighted by Gasteiger charge is 2.26. The van der Waals surface area contributed by atoms with Crippen LogP contribution in [0.25, 0.3) is 10.9 Å². The van der Waals surface area contributed by atoms with Gasteiger partial charge in [0, 0.05) is 67.6 Å². The SMILES string of the molecule is O=C(Nc1ccc(N2CCCC2)cc1)N1CCC(c2ncnc3cc(N4CCCC4)ccc23)CC1. The van der Waals surface area contributed by atoms with Crippen molar-refractivity contribution in [1.29, 1.82) is 0 Å². The fraction of sp³-hybridized carbons (Fsp3) is 0.464. The molecule has 0 atom stereocenters. The van der Waals surface area contributed by atoms with Crippen LogP contribution in [0.3, 0.4) is 0 Å². The van der Waals surface area contributed by atoms with Crippen LogP contribution >= 0.6 is 0 Å². The molecule has 35 heavy (non-hydrogen) atoms. The molecule has 0 aliphatic carbocycles. The van der Waals surface area contributed by atoms with Gasteiger partial charge in [0.1, 0.15) is 6.33 Å². The van der Waals surface area contributed by atoms with Crippen molar-refractivity contribution in [2.24, 2.45) is 0 Å². The standard InChI is InChI=1S/C28H34N6O/c35-28(31-22-5-7-23(8-6-22)32-13-1-2-14-32)34-17-11-21(12-18-34)27-25-10-9-24(33-15-3-4-16-33)19-26(25)29-20-30-27/h5-10,19-21H,1-4,11-18H2,(H,31,35). The van der Waals surface area contributed by atoms with Gasteiger partial charge in [0.15, 0.2) is 0 Å². The molecule has 0 radical (unpaired) electrons. The Labute approximate surface area is 207 Å². The van der Waals surface area contributed by atoms with Gasteiger partial charge in [-0.25, -0.2) is 14.8 Å². The zero-order valence-corrected chi connectivity index (χ0v) is 20.3. The van der Waals surface area contributed by atoms with E-state index in [9.17, 15) is 4.79 Å². The zero-order chi connectivity index (χ0) is 23.6. The summed E-state index contributed by atoms with van der Waals surface area (Å²) in [5.41, 5.74) is 5.51. The molecular formula is C28H34N6O. The average Bonchev–Trinajstić information content (AvgIpc) is 3.64. The first-order chi connectivity index (χ1) is 17.2. The van der Waals surface area contributed by atoms with E-state index in [4.69, 9.17) is 0 Å². The molecule has 3 aliphatic rings. The molecule has 182 valence electrons. The maximum Gasteiger partial charge on any atom is 0.321 e. The minimum Gasteiger partial charge on any atom is -0.372 e. The number of benzene rings is 2. The van der Waals surface area contributed by atoms with Crippen molar-refractivity contribution in [2.45, 2.75) is 44.4 Å². The Morgan fingerprint density at radius 2 is 1.40 bits per heavy atom. The van der Waals surface area contributed by atoms with Gasteiger partial charge in [-0.15, -0.1) is 0 Å². The molecule has 4 heterocycles. The van der Waals surface area contributed by atoms with E-state index in [-0.39, 0.29) is 6.03 Å². The van der Waals surface area contributed by atoms with Crippen molar-refractivity contribution >= 4 is 34.0 Å². The molecule has 7 nitrogen and oxygen atoms in total. The van der Waals surface area contributed by atoms with E-state index >= 15 is 0 Å². The lowest BCUT2D eigenvalue weighted by Gasteiger charge is -2.32. The van der Waals surface area contributed by atoms with Crippen LogP contribution in [0.4, 0.5) is 21.9 Å². The van der Waals surface area contributed by atoms with E-state index < -0.39 is 0 Å². The lowest BCUT2D eigenvalue weighted by Crippen LogP contribution is -2.40. The average molecular weight is 471 g/mol. The Morgan fingerprint density at radius 3 is 2.09 bits per heavy atom. The van der Waals surface area contributed by atoms with Crippen LogP contribution in [-0.4, -0.2) is 60.2 Å². The smallest absolute Gasteiger partial charge is 0.321 e. The van der Waals surface area contributed by atoms with Gasteiger partial charge in [-0.2, -0.15) is 0 Å². The molecule has 3 aromatic rings. The topological polar surface area (TPSA) is 64.6 Å². The lowest BCUT2D eigenvalue weighted by molar-refractivity contribution is 0.194. The molecule has 6 rings (SSSR count). The highest BCUT2D eigenvalue weighted by Crippen LogP contribution is 2.33. The third-order valence-electron chi connectivity index (χ3n) is 7.88. The molecule has 0 spiro atoms. The summed E-state index contributed by atoms with van der Waals surface area (Å²) in [4.78, 5) is 28.9. The number of carbonyl (C=O) groups excluding carboxylic acids is 1. The molecule has 3 fully saturated rings. The zero-order valence-electron chi connectivity index (χ0n) is 20.3. The number of fused-ring (bicyclic) bond motifs is 1. The van der Waals surface area contributed by atoms with E-state index in [2.05, 4.69) is 55.4 Å². The quantitative estimate of drug-likeness (QED) is 0.565. The minimum absolute atomic E-state index is 0.0137. The molecule has 0 saturated carbocycles. The van der Waals surface area contributed by atoms with Crippen molar-refractivity contribution in [3.05, 3.63) is 54.5 Å². The van der Waals surface area contributed by atoms with E-state index in [1.165, 1.54) is 37.1 Å². The summed E-state index contributed by atoms with van der Waals surface area (Å²) in [6.45, 7) is 5.99. The van der Waals surface area contributed by atoms with Crippen LogP contribution in [0.1, 0.15) is 50.1 Å². The molecule has 2 aromatic carbocycles. The Kier molecular flexibility index (Phi) is 6.15. The first-order valence-corrected chi connectivity index (χ1v) is 13.2. The van der Waals surface area contributed by atoms with Crippen molar-refractivity contribution < 1.29 is 4.79 Å². The number of rotatable bonds is 4. The monoisotopic (exact) mass is 470 g/mol. The Hall–Kier alpha value is -3.35. The van der Waals surface area contributed by atoms with Gasteiger partial charge < -0.3 is 20.0 Å². The Morgan fingerprint density at radius 1 is 0.771 bits per heavy atom. The van der Waals surface area contributed by atoms with Crippen LogP contribution in [-0.2, 0) is 0 Å². The number of urea groups is 1. The van der Waals surface area contributed by atoms with Gasteiger partial charge in [0.25, 0.3) is 0 Å². The summed E-state index contributed by atoms with van der Waals surface area (Å²) >= 11 is 0. The van der Waals surface area contributed by atoms with Gasteiger partial charge in [-0.1, -0.05) is 0 Å². The van der Waals surface area contributed by atoms with E-state index in [1.807, 2.05) is 17.0 Å².